The molecular weight excluding hydrogens is 286 g/mol. The van der Waals surface area contributed by atoms with E-state index >= 15 is 0 Å². The van der Waals surface area contributed by atoms with Gasteiger partial charge in [-0.3, -0.25) is 14.6 Å². The van der Waals surface area contributed by atoms with E-state index < -0.39 is 0 Å². The second-order valence-electron chi connectivity index (χ2n) is 3.41. The molecular formula is C10H10BrN5O. The molecule has 3 N–H and O–H groups in total. The third-order valence-corrected chi connectivity index (χ3v) is 2.67. The number of nitrogens with zero attached hydrogens (tertiary/aromatic N) is 3. The van der Waals surface area contributed by atoms with E-state index in [1.165, 1.54) is 4.68 Å². The van der Waals surface area contributed by atoms with Gasteiger partial charge in [0, 0.05) is 11.5 Å². The molecule has 0 saturated carbocycles. The minimum Gasteiger partial charge on any atom is -0.382 e. The fourth-order valence-electron chi connectivity index (χ4n) is 1.27. The van der Waals surface area contributed by atoms with Crippen LogP contribution in [0.15, 0.2) is 43.8 Å². The van der Waals surface area contributed by atoms with Crippen molar-refractivity contribution in [2.24, 2.45) is 17.3 Å². The van der Waals surface area contributed by atoms with Crippen LogP contribution in [0.5, 0.6) is 0 Å². The molecule has 0 amide bonds. The van der Waals surface area contributed by atoms with Crippen molar-refractivity contribution < 1.29 is 0 Å². The topological polar surface area (TPSA) is 88.5 Å². The average Bonchev–Trinajstić information content (AvgIpc) is 2.54. The lowest BCUT2D eigenvalue weighted by molar-refractivity contribution is 0.743. The number of aromatic amines is 1. The van der Waals surface area contributed by atoms with Gasteiger partial charge in [-0.1, -0.05) is 15.9 Å². The van der Waals surface area contributed by atoms with Gasteiger partial charge in [0.05, 0.1) is 5.69 Å². The van der Waals surface area contributed by atoms with E-state index in [1.54, 1.807) is 19.2 Å². The lowest BCUT2D eigenvalue weighted by Crippen LogP contribution is -2.10. The first-order valence-corrected chi connectivity index (χ1v) is 5.59. The molecule has 0 aliphatic carbocycles. The summed E-state index contributed by atoms with van der Waals surface area (Å²) >= 11 is 3.32. The van der Waals surface area contributed by atoms with Gasteiger partial charge in [-0.25, -0.2) is 0 Å². The van der Waals surface area contributed by atoms with Gasteiger partial charge in [-0.15, -0.1) is 5.11 Å². The van der Waals surface area contributed by atoms with Crippen LogP contribution in [0.1, 0.15) is 0 Å². The van der Waals surface area contributed by atoms with Crippen molar-refractivity contribution in [2.45, 2.75) is 0 Å². The Morgan fingerprint density at radius 2 is 1.94 bits per heavy atom. The summed E-state index contributed by atoms with van der Waals surface area (Å²) in [5.41, 5.74) is 6.06. The molecule has 1 aromatic heterocycles. The highest BCUT2D eigenvalue weighted by atomic mass is 79.9. The van der Waals surface area contributed by atoms with Crippen molar-refractivity contribution in [3.8, 4) is 0 Å². The van der Waals surface area contributed by atoms with Gasteiger partial charge in [0.2, 0.25) is 0 Å². The highest BCUT2D eigenvalue weighted by molar-refractivity contribution is 9.10. The van der Waals surface area contributed by atoms with E-state index in [4.69, 9.17) is 5.73 Å². The molecule has 7 heteroatoms. The Morgan fingerprint density at radius 3 is 2.47 bits per heavy atom. The van der Waals surface area contributed by atoms with Crippen LogP contribution in [0, 0.1) is 0 Å². The van der Waals surface area contributed by atoms with Crippen LogP contribution in [-0.4, -0.2) is 9.78 Å². The Kier molecular flexibility index (Phi) is 3.10. The van der Waals surface area contributed by atoms with Crippen LogP contribution in [0.25, 0.3) is 0 Å². The van der Waals surface area contributed by atoms with Crippen LogP contribution in [0.4, 0.5) is 17.2 Å². The van der Waals surface area contributed by atoms with Gasteiger partial charge in [0.1, 0.15) is 5.82 Å². The molecule has 0 fully saturated rings. The summed E-state index contributed by atoms with van der Waals surface area (Å²) in [7, 11) is 1.57. The molecule has 0 radical (unpaired) electrons. The Hall–Kier alpha value is -1.89. The minimum absolute atomic E-state index is 0.121. The van der Waals surface area contributed by atoms with Crippen molar-refractivity contribution in [3.63, 3.8) is 0 Å². The van der Waals surface area contributed by atoms with Crippen molar-refractivity contribution in [1.82, 2.24) is 9.78 Å². The van der Waals surface area contributed by atoms with Crippen molar-refractivity contribution in [1.29, 1.82) is 0 Å². The zero-order valence-electron chi connectivity index (χ0n) is 9.01. The largest absolute Gasteiger partial charge is 0.382 e. The van der Waals surface area contributed by atoms with Crippen LogP contribution in [0.3, 0.4) is 0 Å². The molecule has 6 nitrogen and oxygen atoms in total. The average molecular weight is 296 g/mol. The first kappa shape index (κ1) is 11.6. The summed E-state index contributed by atoms with van der Waals surface area (Å²) in [4.78, 5) is 11.6. The van der Waals surface area contributed by atoms with E-state index in [1.807, 2.05) is 12.1 Å². The van der Waals surface area contributed by atoms with Gasteiger partial charge in [0.25, 0.3) is 5.56 Å². The fraction of sp³-hybridized carbons (Fsp3) is 0.100. The summed E-state index contributed by atoms with van der Waals surface area (Å²) in [6.07, 6.45) is 0. The number of halogens is 1. The fourth-order valence-corrected chi connectivity index (χ4v) is 1.53. The Morgan fingerprint density at radius 1 is 1.29 bits per heavy atom. The lowest BCUT2D eigenvalue weighted by Gasteiger charge is -1.91. The quantitative estimate of drug-likeness (QED) is 0.834. The minimum atomic E-state index is -0.302. The van der Waals surface area contributed by atoms with Crippen LogP contribution in [-0.2, 0) is 7.05 Å². The highest BCUT2D eigenvalue weighted by Gasteiger charge is 2.08. The highest BCUT2D eigenvalue weighted by Crippen LogP contribution is 2.20. The number of nitrogens with one attached hydrogen (secondary N) is 1. The Bertz CT molecular complexity index is 611. The Balaban J connectivity index is 2.32. The second-order valence-corrected chi connectivity index (χ2v) is 4.33. The molecule has 17 heavy (non-hydrogen) atoms. The number of hydrogen-bond donors (Lipinski definition) is 2. The molecule has 0 spiro atoms. The molecule has 0 unspecified atom stereocenters. The van der Waals surface area contributed by atoms with Gasteiger partial charge in [-0.05, 0) is 24.3 Å². The van der Waals surface area contributed by atoms with Crippen molar-refractivity contribution >= 4 is 33.1 Å². The number of anilines is 1. The molecule has 2 aromatic rings. The number of azo groups is 1. The van der Waals surface area contributed by atoms with Crippen LogP contribution >= 0.6 is 15.9 Å². The summed E-state index contributed by atoms with van der Waals surface area (Å²) in [6, 6.07) is 7.24. The van der Waals surface area contributed by atoms with E-state index in [0.717, 1.165) is 4.47 Å². The SMILES string of the molecule is Cn1[nH]c(N)c(N=Nc2ccc(Br)cc2)c1=O. The second kappa shape index (κ2) is 4.54. The van der Waals surface area contributed by atoms with E-state index in [2.05, 4.69) is 31.3 Å². The molecule has 0 bridgehead atoms. The predicted molar refractivity (Wildman–Crippen MR) is 68.8 cm³/mol. The lowest BCUT2D eigenvalue weighted by atomic mass is 10.3. The summed E-state index contributed by atoms with van der Waals surface area (Å²) in [6.45, 7) is 0. The maximum Gasteiger partial charge on any atom is 0.296 e. The monoisotopic (exact) mass is 295 g/mol. The number of hydrogen-bond acceptors (Lipinski definition) is 4. The molecule has 0 saturated heterocycles. The zero-order chi connectivity index (χ0) is 12.4. The number of aromatic nitrogens is 2. The molecule has 88 valence electrons. The number of rotatable bonds is 2. The van der Waals surface area contributed by atoms with Crippen LogP contribution in [0.2, 0.25) is 0 Å². The maximum absolute atomic E-state index is 11.6. The molecule has 0 aliphatic heterocycles. The molecule has 2 rings (SSSR count). The predicted octanol–water partition coefficient (Wildman–Crippen LogP) is 2.47. The third-order valence-electron chi connectivity index (χ3n) is 2.14. The van der Waals surface area contributed by atoms with Gasteiger partial charge in [-0.2, -0.15) is 5.11 Å². The standard InChI is InChI=1S/C10H10BrN5O/c1-16-10(17)8(9(12)15-16)14-13-7-4-2-6(11)3-5-7/h2-5,15H,12H2,1H3. The van der Waals surface area contributed by atoms with E-state index in [9.17, 15) is 4.79 Å². The molecule has 0 aliphatic rings. The first-order chi connectivity index (χ1) is 8.08. The normalized spacial score (nSPS) is 11.2. The number of H-pyrrole nitrogens is 1. The first-order valence-electron chi connectivity index (χ1n) is 4.79. The number of aryl methyl sites for hydroxylation is 1. The van der Waals surface area contributed by atoms with E-state index in [0.29, 0.717) is 5.69 Å². The zero-order valence-corrected chi connectivity index (χ0v) is 10.6. The Labute approximate surface area is 105 Å². The van der Waals surface area contributed by atoms with Crippen molar-refractivity contribution in [3.05, 3.63) is 39.1 Å². The molecule has 1 heterocycles. The molecule has 0 atom stereocenters. The number of benzene rings is 1. The third kappa shape index (κ3) is 2.44. The number of nitrogens with two attached hydrogens (primary N) is 1. The van der Waals surface area contributed by atoms with E-state index in [-0.39, 0.29) is 17.1 Å². The summed E-state index contributed by atoms with van der Waals surface area (Å²) < 4.78 is 2.21. The maximum atomic E-state index is 11.6. The smallest absolute Gasteiger partial charge is 0.296 e. The summed E-state index contributed by atoms with van der Waals surface area (Å²) in [5.74, 6) is 0.207. The molecule has 1 aromatic carbocycles. The van der Waals surface area contributed by atoms with Gasteiger partial charge < -0.3 is 5.73 Å². The van der Waals surface area contributed by atoms with Gasteiger partial charge >= 0.3 is 0 Å². The van der Waals surface area contributed by atoms with Crippen LogP contribution < -0.4 is 11.3 Å². The number of nitrogen functional groups attached to an aromatic ring is 1. The van der Waals surface area contributed by atoms with Gasteiger partial charge in [0.15, 0.2) is 5.69 Å². The van der Waals surface area contributed by atoms with Crippen molar-refractivity contribution in [2.75, 3.05) is 5.73 Å². The summed E-state index contributed by atoms with van der Waals surface area (Å²) in [5, 5.41) is 10.4.